The van der Waals surface area contributed by atoms with Crippen molar-refractivity contribution in [3.8, 4) is 5.75 Å². The molecule has 0 saturated carbocycles. The molecule has 144 valence electrons. The fourth-order valence-electron chi connectivity index (χ4n) is 2.54. The second-order valence-corrected chi connectivity index (χ2v) is 6.23. The van der Waals surface area contributed by atoms with Crippen LogP contribution >= 0.6 is 11.6 Å². The molecule has 0 bridgehead atoms. The van der Waals surface area contributed by atoms with Gasteiger partial charge in [0.25, 0.3) is 5.78 Å². The number of hydrogen-bond donors (Lipinski definition) is 1. The predicted octanol–water partition coefficient (Wildman–Crippen LogP) is 4.45. The molecule has 2 aromatic heterocycles. The number of aromatic nitrogens is 4. The van der Waals surface area contributed by atoms with E-state index < -0.39 is 12.8 Å². The van der Waals surface area contributed by atoms with Crippen LogP contribution in [-0.2, 0) is 6.42 Å². The van der Waals surface area contributed by atoms with Crippen LogP contribution in [0.15, 0.2) is 30.6 Å². The minimum Gasteiger partial charge on any atom is -0.431 e. The Bertz CT molecular complexity index is 932. The number of anilines is 1. The Morgan fingerprint density at radius 1 is 1.30 bits per heavy atom. The van der Waals surface area contributed by atoms with E-state index in [0.29, 0.717) is 28.7 Å². The van der Waals surface area contributed by atoms with Gasteiger partial charge in [0.2, 0.25) is 0 Å². The first kappa shape index (κ1) is 19.2. The van der Waals surface area contributed by atoms with Gasteiger partial charge in [-0.25, -0.2) is 9.37 Å². The summed E-state index contributed by atoms with van der Waals surface area (Å²) in [4.78, 5) is 8.43. The Kier molecular flexibility index (Phi) is 5.41. The summed E-state index contributed by atoms with van der Waals surface area (Å²) < 4.78 is 44.0. The Balaban J connectivity index is 1.83. The highest BCUT2D eigenvalue weighted by molar-refractivity contribution is 6.33. The van der Waals surface area contributed by atoms with Crippen molar-refractivity contribution < 1.29 is 17.9 Å². The SMILES string of the molecule is CCc1nc2ncnn2c(NC(C)c2ccc(OC(F)(F)CF)cc2)c1Cl. The lowest BCUT2D eigenvalue weighted by molar-refractivity contribution is -0.186. The van der Waals surface area contributed by atoms with E-state index in [1.54, 1.807) is 12.1 Å². The van der Waals surface area contributed by atoms with Crippen molar-refractivity contribution >= 4 is 23.2 Å². The van der Waals surface area contributed by atoms with E-state index in [1.807, 2.05) is 13.8 Å². The van der Waals surface area contributed by atoms with E-state index in [0.717, 1.165) is 5.56 Å². The zero-order chi connectivity index (χ0) is 19.6. The minimum atomic E-state index is -3.84. The zero-order valence-electron chi connectivity index (χ0n) is 14.6. The molecule has 1 aromatic carbocycles. The monoisotopic (exact) mass is 399 g/mol. The molecule has 3 rings (SSSR count). The molecule has 0 radical (unpaired) electrons. The molecule has 0 amide bonds. The molecule has 2 heterocycles. The Morgan fingerprint density at radius 2 is 2.00 bits per heavy atom. The van der Waals surface area contributed by atoms with Crippen molar-refractivity contribution in [2.24, 2.45) is 0 Å². The van der Waals surface area contributed by atoms with E-state index in [4.69, 9.17) is 11.6 Å². The molecule has 1 unspecified atom stereocenters. The smallest absolute Gasteiger partial charge is 0.427 e. The molecular weight excluding hydrogens is 383 g/mol. The fourth-order valence-corrected chi connectivity index (χ4v) is 2.85. The van der Waals surface area contributed by atoms with Crippen LogP contribution in [-0.4, -0.2) is 32.4 Å². The molecule has 27 heavy (non-hydrogen) atoms. The van der Waals surface area contributed by atoms with Crippen LogP contribution in [0.5, 0.6) is 5.75 Å². The molecular formula is C17H17ClF3N5O. The van der Waals surface area contributed by atoms with Crippen molar-refractivity contribution in [2.45, 2.75) is 32.4 Å². The predicted molar refractivity (Wildman–Crippen MR) is 95.2 cm³/mol. The number of rotatable bonds is 7. The molecule has 0 aliphatic rings. The van der Waals surface area contributed by atoms with Gasteiger partial charge >= 0.3 is 6.11 Å². The van der Waals surface area contributed by atoms with Crippen molar-refractivity contribution in [3.63, 3.8) is 0 Å². The third-order valence-corrected chi connectivity index (χ3v) is 4.33. The molecule has 0 aliphatic carbocycles. The van der Waals surface area contributed by atoms with Gasteiger partial charge in [-0.15, -0.1) is 0 Å². The quantitative estimate of drug-likeness (QED) is 0.635. The average Bonchev–Trinajstić information content (AvgIpc) is 3.12. The van der Waals surface area contributed by atoms with Crippen molar-refractivity contribution in [2.75, 3.05) is 12.0 Å². The van der Waals surface area contributed by atoms with Crippen LogP contribution in [0.4, 0.5) is 19.0 Å². The fraction of sp³-hybridized carbons (Fsp3) is 0.353. The highest BCUT2D eigenvalue weighted by Gasteiger charge is 2.31. The van der Waals surface area contributed by atoms with E-state index in [2.05, 4.69) is 25.1 Å². The number of benzene rings is 1. The molecule has 6 nitrogen and oxygen atoms in total. The summed E-state index contributed by atoms with van der Waals surface area (Å²) >= 11 is 6.44. The van der Waals surface area contributed by atoms with Gasteiger partial charge in [0.05, 0.1) is 5.69 Å². The van der Waals surface area contributed by atoms with Crippen molar-refractivity contribution in [1.82, 2.24) is 19.6 Å². The molecule has 1 N–H and O–H groups in total. The average molecular weight is 400 g/mol. The van der Waals surface area contributed by atoms with Crippen LogP contribution in [0.3, 0.4) is 0 Å². The first-order chi connectivity index (χ1) is 12.8. The second kappa shape index (κ2) is 7.59. The van der Waals surface area contributed by atoms with Crippen molar-refractivity contribution in [3.05, 3.63) is 46.9 Å². The van der Waals surface area contributed by atoms with Gasteiger partial charge in [0.1, 0.15) is 17.1 Å². The summed E-state index contributed by atoms with van der Waals surface area (Å²) in [6, 6.07) is 5.69. The lowest BCUT2D eigenvalue weighted by atomic mass is 10.1. The standard InChI is InChI=1S/C17H17ClF3N5O/c1-3-13-14(18)15(26-16(25-13)22-9-23-26)24-10(2)11-4-6-12(7-5-11)27-17(20,21)8-19/h4-7,9-10,24H,3,8H2,1-2H3. The third kappa shape index (κ3) is 4.08. The zero-order valence-corrected chi connectivity index (χ0v) is 15.3. The van der Waals surface area contributed by atoms with Gasteiger partial charge in [-0.1, -0.05) is 30.7 Å². The Labute approximate surface area is 158 Å². The summed E-state index contributed by atoms with van der Waals surface area (Å²) in [6.45, 7) is 1.91. The van der Waals surface area contributed by atoms with Gasteiger partial charge in [-0.3, -0.25) is 0 Å². The van der Waals surface area contributed by atoms with Gasteiger partial charge in [0.15, 0.2) is 12.5 Å². The third-order valence-electron chi connectivity index (χ3n) is 3.93. The van der Waals surface area contributed by atoms with Crippen LogP contribution in [0.1, 0.15) is 31.1 Å². The number of halogens is 4. The molecule has 0 saturated heterocycles. The number of aryl methyl sites for hydroxylation is 1. The first-order valence-corrected chi connectivity index (χ1v) is 8.60. The number of hydrogen-bond acceptors (Lipinski definition) is 5. The van der Waals surface area contributed by atoms with E-state index in [9.17, 15) is 13.2 Å². The van der Waals surface area contributed by atoms with Crippen molar-refractivity contribution in [1.29, 1.82) is 0 Å². The molecule has 1 atom stereocenters. The molecule has 0 spiro atoms. The van der Waals surface area contributed by atoms with Crippen LogP contribution in [0.2, 0.25) is 5.02 Å². The molecule has 3 aromatic rings. The summed E-state index contributed by atoms with van der Waals surface area (Å²) in [5.41, 5.74) is 1.47. The van der Waals surface area contributed by atoms with Gasteiger partial charge in [-0.2, -0.15) is 23.4 Å². The van der Waals surface area contributed by atoms with E-state index in [-0.39, 0.29) is 11.8 Å². The second-order valence-electron chi connectivity index (χ2n) is 5.85. The molecule has 0 fully saturated rings. The molecule has 0 aliphatic heterocycles. The minimum absolute atomic E-state index is 0.123. The maximum absolute atomic E-state index is 13.0. The number of fused-ring (bicyclic) bond motifs is 1. The van der Waals surface area contributed by atoms with Crippen LogP contribution in [0.25, 0.3) is 5.78 Å². The number of nitrogens with one attached hydrogen (secondary N) is 1. The summed E-state index contributed by atoms with van der Waals surface area (Å²) in [5.74, 6) is 0.832. The van der Waals surface area contributed by atoms with Gasteiger partial charge in [0, 0.05) is 6.04 Å². The lowest BCUT2D eigenvalue weighted by Crippen LogP contribution is -2.26. The maximum atomic E-state index is 13.0. The van der Waals surface area contributed by atoms with Gasteiger partial charge in [-0.05, 0) is 31.0 Å². The van der Waals surface area contributed by atoms with E-state index >= 15 is 0 Å². The normalized spacial score (nSPS) is 13.0. The number of ether oxygens (including phenoxy) is 1. The lowest BCUT2D eigenvalue weighted by Gasteiger charge is -2.19. The Morgan fingerprint density at radius 3 is 2.63 bits per heavy atom. The molecule has 10 heteroatoms. The number of nitrogens with zero attached hydrogens (tertiary/aromatic N) is 4. The largest absolute Gasteiger partial charge is 0.431 e. The highest BCUT2D eigenvalue weighted by atomic mass is 35.5. The maximum Gasteiger partial charge on any atom is 0.427 e. The summed E-state index contributed by atoms with van der Waals surface area (Å²) in [5, 5.41) is 7.81. The summed E-state index contributed by atoms with van der Waals surface area (Å²) in [7, 11) is 0. The highest BCUT2D eigenvalue weighted by Crippen LogP contribution is 2.30. The van der Waals surface area contributed by atoms with E-state index in [1.165, 1.54) is 23.0 Å². The van der Waals surface area contributed by atoms with Crippen LogP contribution < -0.4 is 10.1 Å². The topological polar surface area (TPSA) is 64.3 Å². The first-order valence-electron chi connectivity index (χ1n) is 8.22. The Hall–Kier alpha value is -2.55. The summed E-state index contributed by atoms with van der Waals surface area (Å²) in [6.07, 6.45) is -1.84. The van der Waals surface area contributed by atoms with Crippen LogP contribution in [0, 0.1) is 0 Å². The number of alkyl halides is 3. The van der Waals surface area contributed by atoms with Gasteiger partial charge < -0.3 is 10.1 Å².